The van der Waals surface area contributed by atoms with Gasteiger partial charge in [-0.3, -0.25) is 4.90 Å². The largest absolute Gasteiger partial charge is 0.497 e. The fraction of sp³-hybridized carbons (Fsp3) is 0.545. The third-order valence-electron chi connectivity index (χ3n) is 5.96. The van der Waals surface area contributed by atoms with Gasteiger partial charge in [0.15, 0.2) is 0 Å². The van der Waals surface area contributed by atoms with Gasteiger partial charge in [-0.15, -0.1) is 0 Å². The first-order valence-corrected chi connectivity index (χ1v) is 10.6. The van der Waals surface area contributed by atoms with Crippen molar-refractivity contribution in [2.75, 3.05) is 46.4 Å². The molecule has 2 aliphatic heterocycles. The zero-order valence-electron chi connectivity index (χ0n) is 17.8. The third kappa shape index (κ3) is 4.76. The van der Waals surface area contributed by atoms with Crippen molar-refractivity contribution in [2.24, 2.45) is 7.05 Å². The highest BCUT2D eigenvalue weighted by atomic mass is 16.5. The second-order valence-electron chi connectivity index (χ2n) is 7.98. The van der Waals surface area contributed by atoms with Gasteiger partial charge < -0.3 is 24.3 Å². The predicted octanol–water partition coefficient (Wildman–Crippen LogP) is 2.02. The first-order chi connectivity index (χ1) is 14.6. The molecule has 4 rings (SSSR count). The number of imidazole rings is 1. The van der Waals surface area contributed by atoms with Crippen molar-refractivity contribution >= 4 is 6.03 Å². The Morgan fingerprint density at radius 1 is 1.33 bits per heavy atom. The van der Waals surface area contributed by atoms with Crippen LogP contribution >= 0.6 is 0 Å². The van der Waals surface area contributed by atoms with Crippen LogP contribution in [-0.2, 0) is 11.8 Å². The van der Waals surface area contributed by atoms with Crippen LogP contribution < -0.4 is 10.1 Å². The SMILES string of the molecule is COc1cccc([C@@H](NC(=O)N2CCN(C[C@@H]3CCCO3)CC2)c2nccn2C)c1. The Morgan fingerprint density at radius 2 is 2.17 bits per heavy atom. The maximum atomic E-state index is 13.1. The number of aromatic nitrogens is 2. The summed E-state index contributed by atoms with van der Waals surface area (Å²) in [5.74, 6) is 1.54. The van der Waals surface area contributed by atoms with E-state index in [1.54, 1.807) is 13.3 Å². The number of urea groups is 1. The van der Waals surface area contributed by atoms with Crippen LogP contribution in [0.25, 0.3) is 0 Å². The van der Waals surface area contributed by atoms with Crippen molar-refractivity contribution in [2.45, 2.75) is 25.0 Å². The molecule has 162 valence electrons. The van der Waals surface area contributed by atoms with Crippen molar-refractivity contribution < 1.29 is 14.3 Å². The normalized spacial score (nSPS) is 20.9. The molecule has 0 radical (unpaired) electrons. The Labute approximate surface area is 177 Å². The Kier molecular flexibility index (Phi) is 6.54. The third-order valence-corrected chi connectivity index (χ3v) is 5.96. The average Bonchev–Trinajstić information content (AvgIpc) is 3.44. The molecular formula is C22H31N5O3. The number of carbonyl (C=O) groups is 1. The number of hydrogen-bond donors (Lipinski definition) is 1. The van der Waals surface area contributed by atoms with Gasteiger partial charge in [-0.1, -0.05) is 12.1 Å². The first-order valence-electron chi connectivity index (χ1n) is 10.6. The van der Waals surface area contributed by atoms with E-state index in [1.807, 2.05) is 47.0 Å². The molecule has 30 heavy (non-hydrogen) atoms. The molecule has 1 N–H and O–H groups in total. The number of carbonyl (C=O) groups excluding carboxylic acids is 1. The van der Waals surface area contributed by atoms with E-state index in [-0.39, 0.29) is 12.1 Å². The van der Waals surface area contributed by atoms with Crippen LogP contribution in [-0.4, -0.2) is 77.9 Å². The number of aryl methyl sites for hydroxylation is 1. The standard InChI is InChI=1S/C22H31N5O3/c1-25-9-8-23-21(25)20(17-5-3-6-18(15-17)29-2)24-22(28)27-12-10-26(11-13-27)16-19-7-4-14-30-19/h3,5-6,8-9,15,19-20H,4,7,10-14,16H2,1-2H3,(H,24,28)/t19-,20+/m0/s1. The fourth-order valence-electron chi connectivity index (χ4n) is 4.20. The van der Waals surface area contributed by atoms with E-state index < -0.39 is 0 Å². The van der Waals surface area contributed by atoms with Crippen LogP contribution in [0.1, 0.15) is 30.3 Å². The molecule has 0 spiro atoms. The van der Waals surface area contributed by atoms with Crippen molar-refractivity contribution in [1.29, 1.82) is 0 Å². The van der Waals surface area contributed by atoms with E-state index >= 15 is 0 Å². The minimum atomic E-state index is -0.350. The van der Waals surface area contributed by atoms with Crippen molar-refractivity contribution in [3.05, 3.63) is 48.0 Å². The van der Waals surface area contributed by atoms with E-state index in [2.05, 4.69) is 15.2 Å². The number of benzene rings is 1. The van der Waals surface area contributed by atoms with Crippen molar-refractivity contribution in [3.8, 4) is 5.75 Å². The minimum Gasteiger partial charge on any atom is -0.497 e. The van der Waals surface area contributed by atoms with E-state index in [9.17, 15) is 4.79 Å². The second kappa shape index (κ2) is 9.49. The summed E-state index contributed by atoms with van der Waals surface area (Å²) in [5, 5.41) is 3.19. The van der Waals surface area contributed by atoms with Gasteiger partial charge in [-0.2, -0.15) is 0 Å². The quantitative estimate of drug-likeness (QED) is 0.785. The number of methoxy groups -OCH3 is 1. The molecule has 2 amide bonds. The zero-order valence-corrected chi connectivity index (χ0v) is 17.8. The molecular weight excluding hydrogens is 382 g/mol. The molecule has 1 aromatic heterocycles. The highest BCUT2D eigenvalue weighted by Crippen LogP contribution is 2.24. The number of piperazine rings is 1. The summed E-state index contributed by atoms with van der Waals surface area (Å²) >= 11 is 0. The monoisotopic (exact) mass is 413 g/mol. The first kappa shape index (κ1) is 20.7. The van der Waals surface area contributed by atoms with Crippen molar-refractivity contribution in [1.82, 2.24) is 24.7 Å². The lowest BCUT2D eigenvalue weighted by Crippen LogP contribution is -2.53. The fourth-order valence-corrected chi connectivity index (χ4v) is 4.20. The molecule has 0 saturated carbocycles. The number of nitrogens with zero attached hydrogens (tertiary/aromatic N) is 4. The average molecular weight is 414 g/mol. The number of amides is 2. The smallest absolute Gasteiger partial charge is 0.318 e. The molecule has 1 aromatic carbocycles. The molecule has 2 aliphatic rings. The lowest BCUT2D eigenvalue weighted by Gasteiger charge is -2.36. The number of nitrogens with one attached hydrogen (secondary N) is 1. The summed E-state index contributed by atoms with van der Waals surface area (Å²) in [4.78, 5) is 21.9. The zero-order chi connectivity index (χ0) is 20.9. The molecule has 0 bridgehead atoms. The Bertz CT molecular complexity index is 841. The molecule has 8 heteroatoms. The van der Waals surface area contributed by atoms with Gasteiger partial charge in [-0.05, 0) is 30.5 Å². The lowest BCUT2D eigenvalue weighted by atomic mass is 10.1. The van der Waals surface area contributed by atoms with Gasteiger partial charge in [0.25, 0.3) is 0 Å². The topological polar surface area (TPSA) is 71.9 Å². The molecule has 8 nitrogen and oxygen atoms in total. The highest BCUT2D eigenvalue weighted by molar-refractivity contribution is 5.75. The van der Waals surface area contributed by atoms with Crippen LogP contribution in [0.15, 0.2) is 36.7 Å². The van der Waals surface area contributed by atoms with Gasteiger partial charge in [0.05, 0.1) is 13.2 Å². The van der Waals surface area contributed by atoms with E-state index in [0.29, 0.717) is 19.2 Å². The molecule has 2 saturated heterocycles. The van der Waals surface area contributed by atoms with Gasteiger partial charge in [-0.25, -0.2) is 9.78 Å². The minimum absolute atomic E-state index is 0.0670. The van der Waals surface area contributed by atoms with E-state index in [0.717, 1.165) is 56.2 Å². The summed E-state index contributed by atoms with van der Waals surface area (Å²) in [6.07, 6.45) is 6.29. The Hall–Kier alpha value is -2.58. The van der Waals surface area contributed by atoms with Gasteiger partial charge >= 0.3 is 6.03 Å². The second-order valence-corrected chi connectivity index (χ2v) is 7.98. The number of rotatable bonds is 6. The molecule has 2 aromatic rings. The summed E-state index contributed by atoms with van der Waals surface area (Å²) < 4.78 is 13.1. The maximum Gasteiger partial charge on any atom is 0.318 e. The molecule has 0 aliphatic carbocycles. The van der Waals surface area contributed by atoms with Crippen LogP contribution in [0.5, 0.6) is 5.75 Å². The lowest BCUT2D eigenvalue weighted by molar-refractivity contribution is 0.0559. The summed E-state index contributed by atoms with van der Waals surface area (Å²) in [6, 6.07) is 7.34. The molecule has 3 heterocycles. The van der Waals surface area contributed by atoms with E-state index in [4.69, 9.17) is 9.47 Å². The summed E-state index contributed by atoms with van der Waals surface area (Å²) in [5.41, 5.74) is 0.939. The molecule has 2 atom stereocenters. The Balaban J connectivity index is 1.41. The van der Waals surface area contributed by atoms with Crippen LogP contribution in [0.3, 0.4) is 0 Å². The molecule has 2 fully saturated rings. The van der Waals surface area contributed by atoms with Crippen LogP contribution in [0, 0.1) is 0 Å². The maximum absolute atomic E-state index is 13.1. The van der Waals surface area contributed by atoms with Gasteiger partial charge in [0, 0.05) is 58.8 Å². The predicted molar refractivity (Wildman–Crippen MR) is 114 cm³/mol. The van der Waals surface area contributed by atoms with Gasteiger partial charge in [0.2, 0.25) is 0 Å². The van der Waals surface area contributed by atoms with Gasteiger partial charge in [0.1, 0.15) is 17.6 Å². The van der Waals surface area contributed by atoms with E-state index in [1.165, 1.54) is 0 Å². The van der Waals surface area contributed by atoms with Crippen molar-refractivity contribution in [3.63, 3.8) is 0 Å². The van der Waals surface area contributed by atoms with Crippen LogP contribution in [0.4, 0.5) is 4.79 Å². The number of ether oxygens (including phenoxy) is 2. The molecule has 0 unspecified atom stereocenters. The van der Waals surface area contributed by atoms with Crippen LogP contribution in [0.2, 0.25) is 0 Å². The highest BCUT2D eigenvalue weighted by Gasteiger charge is 2.28. The number of hydrogen-bond acceptors (Lipinski definition) is 5. The summed E-state index contributed by atoms with van der Waals surface area (Å²) in [6.45, 7) is 5.02. The Morgan fingerprint density at radius 3 is 2.83 bits per heavy atom. The summed E-state index contributed by atoms with van der Waals surface area (Å²) in [7, 11) is 3.58.